The zero-order valence-corrected chi connectivity index (χ0v) is 9.83. The van der Waals surface area contributed by atoms with Gasteiger partial charge in [-0.3, -0.25) is 0 Å². The van der Waals surface area contributed by atoms with Crippen LogP contribution >= 0.6 is 11.8 Å². The first-order chi connectivity index (χ1) is 6.14. The average Bonchev–Trinajstić information content (AvgIpc) is 2.57. The highest BCUT2D eigenvalue weighted by Gasteiger charge is 2.18. The first-order valence-electron chi connectivity index (χ1n) is 5.46. The van der Waals surface area contributed by atoms with Crippen molar-refractivity contribution in [2.75, 3.05) is 12.3 Å². The average molecular weight is 201 g/mol. The third-order valence-corrected chi connectivity index (χ3v) is 4.37. The lowest BCUT2D eigenvalue weighted by atomic mass is 9.91. The molecule has 0 unspecified atom stereocenters. The molecule has 1 nitrogen and oxygen atoms in total. The Balaban J connectivity index is 2.06. The normalized spacial score (nSPS) is 19.6. The monoisotopic (exact) mass is 201 g/mol. The first-order valence-corrected chi connectivity index (χ1v) is 6.50. The summed E-state index contributed by atoms with van der Waals surface area (Å²) in [5.41, 5.74) is 6.04. The van der Waals surface area contributed by atoms with Crippen LogP contribution in [0, 0.1) is 5.41 Å². The molecule has 0 amide bonds. The van der Waals surface area contributed by atoms with Crippen molar-refractivity contribution in [3.63, 3.8) is 0 Å². The van der Waals surface area contributed by atoms with Crippen LogP contribution in [0.1, 0.15) is 46.0 Å². The summed E-state index contributed by atoms with van der Waals surface area (Å²) in [5, 5.41) is 0.966. The van der Waals surface area contributed by atoms with Crippen LogP contribution in [0.4, 0.5) is 0 Å². The van der Waals surface area contributed by atoms with Gasteiger partial charge in [-0.2, -0.15) is 11.8 Å². The van der Waals surface area contributed by atoms with Crippen LogP contribution in [0.3, 0.4) is 0 Å². The summed E-state index contributed by atoms with van der Waals surface area (Å²) in [6, 6.07) is 0. The summed E-state index contributed by atoms with van der Waals surface area (Å²) < 4.78 is 0. The van der Waals surface area contributed by atoms with Crippen molar-refractivity contribution in [3.05, 3.63) is 0 Å². The van der Waals surface area contributed by atoms with Gasteiger partial charge in [-0.15, -0.1) is 0 Å². The molecule has 1 saturated carbocycles. The highest BCUT2D eigenvalue weighted by molar-refractivity contribution is 7.99. The number of thioether (sulfide) groups is 1. The predicted molar refractivity (Wildman–Crippen MR) is 62.2 cm³/mol. The molecule has 0 heterocycles. The molecule has 0 aromatic heterocycles. The molecule has 1 aliphatic rings. The largest absolute Gasteiger partial charge is 0.330 e. The van der Waals surface area contributed by atoms with E-state index in [9.17, 15) is 0 Å². The van der Waals surface area contributed by atoms with Gasteiger partial charge in [-0.1, -0.05) is 26.7 Å². The zero-order chi connectivity index (χ0) is 9.73. The van der Waals surface area contributed by atoms with Crippen LogP contribution in [0.15, 0.2) is 0 Å². The minimum absolute atomic E-state index is 0.353. The maximum atomic E-state index is 5.69. The summed E-state index contributed by atoms with van der Waals surface area (Å²) in [6.07, 6.45) is 7.09. The Hall–Kier alpha value is 0.310. The highest BCUT2D eigenvalue weighted by Crippen LogP contribution is 2.31. The van der Waals surface area contributed by atoms with Gasteiger partial charge in [0.1, 0.15) is 0 Å². The Labute approximate surface area is 86.8 Å². The van der Waals surface area contributed by atoms with Crippen molar-refractivity contribution >= 4 is 11.8 Å². The second kappa shape index (κ2) is 5.26. The molecule has 0 aromatic rings. The molecule has 0 spiro atoms. The molecule has 0 bridgehead atoms. The fraction of sp³-hybridized carbons (Fsp3) is 1.00. The van der Waals surface area contributed by atoms with Crippen molar-refractivity contribution < 1.29 is 0 Å². The van der Waals surface area contributed by atoms with Crippen LogP contribution < -0.4 is 5.73 Å². The van der Waals surface area contributed by atoms with E-state index in [4.69, 9.17) is 5.73 Å². The standard InChI is InChI=1S/C11H23NS/c1-11(2,9-12)7-8-13-10-5-3-4-6-10/h10H,3-9,12H2,1-2H3. The van der Waals surface area contributed by atoms with E-state index in [1.54, 1.807) is 0 Å². The second-order valence-corrected chi connectivity index (χ2v) is 6.30. The lowest BCUT2D eigenvalue weighted by molar-refractivity contribution is 0.368. The topological polar surface area (TPSA) is 26.0 Å². The summed E-state index contributed by atoms with van der Waals surface area (Å²) in [6.45, 7) is 5.35. The van der Waals surface area contributed by atoms with Crippen LogP contribution in [-0.4, -0.2) is 17.5 Å². The number of hydrogen-bond acceptors (Lipinski definition) is 2. The maximum absolute atomic E-state index is 5.69. The zero-order valence-electron chi connectivity index (χ0n) is 9.01. The van der Waals surface area contributed by atoms with Gasteiger partial charge in [0.2, 0.25) is 0 Å². The molecule has 1 rings (SSSR count). The molecule has 1 aliphatic carbocycles. The number of hydrogen-bond donors (Lipinski definition) is 1. The van der Waals surface area contributed by atoms with Gasteiger partial charge in [0, 0.05) is 5.25 Å². The van der Waals surface area contributed by atoms with Crippen LogP contribution in [0.2, 0.25) is 0 Å². The van der Waals surface area contributed by atoms with E-state index in [0.717, 1.165) is 11.8 Å². The quantitative estimate of drug-likeness (QED) is 0.740. The van der Waals surface area contributed by atoms with E-state index in [1.165, 1.54) is 37.9 Å². The Morgan fingerprint density at radius 2 is 1.92 bits per heavy atom. The molecule has 0 aliphatic heterocycles. The molecule has 0 aromatic carbocycles. The Morgan fingerprint density at radius 1 is 1.31 bits per heavy atom. The van der Waals surface area contributed by atoms with Gasteiger partial charge in [0.25, 0.3) is 0 Å². The lowest BCUT2D eigenvalue weighted by Gasteiger charge is -2.22. The molecule has 1 fully saturated rings. The van der Waals surface area contributed by atoms with Gasteiger partial charge in [-0.25, -0.2) is 0 Å². The number of nitrogens with two attached hydrogens (primary N) is 1. The van der Waals surface area contributed by atoms with Crippen molar-refractivity contribution in [3.8, 4) is 0 Å². The van der Waals surface area contributed by atoms with E-state index in [1.807, 2.05) is 0 Å². The van der Waals surface area contributed by atoms with Crippen LogP contribution in [0.25, 0.3) is 0 Å². The van der Waals surface area contributed by atoms with Crippen molar-refractivity contribution in [1.82, 2.24) is 0 Å². The second-order valence-electron chi connectivity index (χ2n) is 4.90. The Bertz CT molecular complexity index is 139. The van der Waals surface area contributed by atoms with Gasteiger partial charge in [0.15, 0.2) is 0 Å². The molecule has 0 radical (unpaired) electrons. The van der Waals surface area contributed by atoms with Crippen LogP contribution in [0.5, 0.6) is 0 Å². The van der Waals surface area contributed by atoms with E-state index in [2.05, 4.69) is 25.6 Å². The Morgan fingerprint density at radius 3 is 2.46 bits per heavy atom. The third-order valence-electron chi connectivity index (χ3n) is 2.99. The minimum Gasteiger partial charge on any atom is -0.330 e. The third kappa shape index (κ3) is 4.37. The maximum Gasteiger partial charge on any atom is 0.00470 e. The molecule has 0 saturated heterocycles. The van der Waals surface area contributed by atoms with Crippen molar-refractivity contribution in [2.45, 2.75) is 51.2 Å². The lowest BCUT2D eigenvalue weighted by Crippen LogP contribution is -2.24. The summed E-state index contributed by atoms with van der Waals surface area (Å²) in [5.74, 6) is 1.30. The molecule has 2 heteroatoms. The van der Waals surface area contributed by atoms with Crippen molar-refractivity contribution in [2.24, 2.45) is 11.1 Å². The molecular formula is C11H23NS. The molecule has 0 atom stereocenters. The molecule has 2 N–H and O–H groups in total. The van der Waals surface area contributed by atoms with Gasteiger partial charge in [0.05, 0.1) is 0 Å². The fourth-order valence-corrected chi connectivity index (χ4v) is 3.33. The fourth-order valence-electron chi connectivity index (χ4n) is 1.66. The predicted octanol–water partition coefficient (Wildman–Crippen LogP) is 3.04. The summed E-state index contributed by atoms with van der Waals surface area (Å²) in [4.78, 5) is 0. The smallest absolute Gasteiger partial charge is 0.00470 e. The molecular weight excluding hydrogens is 178 g/mol. The van der Waals surface area contributed by atoms with Gasteiger partial charge >= 0.3 is 0 Å². The van der Waals surface area contributed by atoms with Crippen molar-refractivity contribution in [1.29, 1.82) is 0 Å². The van der Waals surface area contributed by atoms with Gasteiger partial charge in [-0.05, 0) is 37.0 Å². The highest BCUT2D eigenvalue weighted by atomic mass is 32.2. The Kier molecular flexibility index (Phi) is 4.60. The summed E-state index contributed by atoms with van der Waals surface area (Å²) >= 11 is 2.17. The first kappa shape index (κ1) is 11.4. The minimum atomic E-state index is 0.353. The SMILES string of the molecule is CC(C)(CN)CCSC1CCCC1. The molecule has 78 valence electrons. The van der Waals surface area contributed by atoms with Gasteiger partial charge < -0.3 is 5.73 Å². The van der Waals surface area contributed by atoms with E-state index >= 15 is 0 Å². The summed E-state index contributed by atoms with van der Waals surface area (Å²) in [7, 11) is 0. The van der Waals surface area contributed by atoms with Crippen LogP contribution in [-0.2, 0) is 0 Å². The van der Waals surface area contributed by atoms with E-state index in [-0.39, 0.29) is 0 Å². The molecule has 13 heavy (non-hydrogen) atoms. The van der Waals surface area contributed by atoms with E-state index < -0.39 is 0 Å². The van der Waals surface area contributed by atoms with E-state index in [0.29, 0.717) is 5.41 Å². The number of rotatable bonds is 5.